The van der Waals surface area contributed by atoms with E-state index in [4.69, 9.17) is 0 Å². The molecule has 0 aliphatic rings. The topological polar surface area (TPSA) is 54.0 Å². The molecule has 1 amide bonds. The molecule has 102 valence electrons. The second-order valence-corrected chi connectivity index (χ2v) is 6.23. The minimum absolute atomic E-state index is 0.0934. The lowest BCUT2D eigenvalue weighted by molar-refractivity contribution is -0.121. The molecule has 0 aliphatic heterocycles. The summed E-state index contributed by atoms with van der Waals surface area (Å²) in [6.07, 6.45) is 0.505. The lowest BCUT2D eigenvalue weighted by Gasteiger charge is -2.13. The summed E-state index contributed by atoms with van der Waals surface area (Å²) in [4.78, 5) is 17.2. The molecule has 0 fully saturated rings. The third-order valence-electron chi connectivity index (χ3n) is 2.60. The number of thiazole rings is 1. The van der Waals surface area contributed by atoms with Crippen LogP contribution in [0.2, 0.25) is 0 Å². The fourth-order valence-electron chi connectivity index (χ4n) is 1.84. The Morgan fingerprint density at radius 1 is 1.33 bits per heavy atom. The van der Waals surface area contributed by atoms with Crippen molar-refractivity contribution in [1.29, 1.82) is 0 Å². The van der Waals surface area contributed by atoms with Crippen LogP contribution >= 0.6 is 11.3 Å². The number of rotatable bonds is 6. The molecule has 18 heavy (non-hydrogen) atoms. The molecule has 1 rings (SSSR count). The molecule has 1 heterocycles. The van der Waals surface area contributed by atoms with Crippen LogP contribution in [0.4, 0.5) is 0 Å². The lowest BCUT2D eigenvalue weighted by atomic mass is 10.2. The molecule has 4 nitrogen and oxygen atoms in total. The summed E-state index contributed by atoms with van der Waals surface area (Å²) in [6, 6.07) is 0.403. The molecule has 0 radical (unpaired) electrons. The molecule has 0 spiro atoms. The molecule has 0 bridgehead atoms. The molecule has 2 N–H and O–H groups in total. The number of carbonyl (C=O) groups is 1. The molecule has 0 saturated heterocycles. The normalized spacial score (nSPS) is 12.8. The largest absolute Gasteiger partial charge is 0.354 e. The fourth-order valence-corrected chi connectivity index (χ4v) is 2.75. The maximum Gasteiger partial charge on any atom is 0.221 e. The van der Waals surface area contributed by atoms with E-state index in [1.54, 1.807) is 11.3 Å². The quantitative estimate of drug-likeness (QED) is 0.833. The Balaban J connectivity index is 2.35. The van der Waals surface area contributed by atoms with E-state index >= 15 is 0 Å². The van der Waals surface area contributed by atoms with Gasteiger partial charge in [-0.1, -0.05) is 0 Å². The van der Waals surface area contributed by atoms with Crippen LogP contribution in [-0.4, -0.2) is 23.5 Å². The number of amides is 1. The Bertz CT molecular complexity index is 401. The Hall–Kier alpha value is -0.940. The summed E-state index contributed by atoms with van der Waals surface area (Å²) in [5.41, 5.74) is 1.10. The third-order valence-corrected chi connectivity index (χ3v) is 3.50. The molecule has 1 atom stereocenters. The van der Waals surface area contributed by atoms with E-state index in [9.17, 15) is 4.79 Å². The fraction of sp³-hybridized carbons (Fsp3) is 0.692. The van der Waals surface area contributed by atoms with Crippen molar-refractivity contribution in [3.63, 3.8) is 0 Å². The van der Waals surface area contributed by atoms with Gasteiger partial charge in [0.1, 0.15) is 0 Å². The summed E-state index contributed by atoms with van der Waals surface area (Å²) in [6.45, 7) is 10.8. The van der Waals surface area contributed by atoms with Crippen molar-refractivity contribution < 1.29 is 4.79 Å². The predicted molar refractivity (Wildman–Crippen MR) is 75.9 cm³/mol. The summed E-state index contributed by atoms with van der Waals surface area (Å²) in [5, 5.41) is 7.31. The molecule has 1 unspecified atom stereocenters. The highest BCUT2D eigenvalue weighted by molar-refractivity contribution is 7.11. The van der Waals surface area contributed by atoms with E-state index in [1.807, 2.05) is 20.8 Å². The highest BCUT2D eigenvalue weighted by Crippen LogP contribution is 2.22. The van der Waals surface area contributed by atoms with Crippen LogP contribution in [0.3, 0.4) is 0 Å². The van der Waals surface area contributed by atoms with Crippen LogP contribution in [0.25, 0.3) is 0 Å². The molecule has 0 aromatic carbocycles. The number of aromatic nitrogens is 1. The Morgan fingerprint density at radius 3 is 2.50 bits per heavy atom. The number of nitrogens with zero attached hydrogens (tertiary/aromatic N) is 1. The van der Waals surface area contributed by atoms with E-state index in [-0.39, 0.29) is 18.0 Å². The van der Waals surface area contributed by atoms with Crippen molar-refractivity contribution in [2.45, 2.75) is 53.1 Å². The van der Waals surface area contributed by atoms with E-state index in [2.05, 4.69) is 29.5 Å². The van der Waals surface area contributed by atoms with Gasteiger partial charge in [0.2, 0.25) is 5.91 Å². The third kappa shape index (κ3) is 4.74. The van der Waals surface area contributed by atoms with Gasteiger partial charge in [0.05, 0.1) is 10.7 Å². The van der Waals surface area contributed by atoms with Crippen molar-refractivity contribution in [2.75, 3.05) is 6.54 Å². The van der Waals surface area contributed by atoms with Gasteiger partial charge in [-0.05, 0) is 34.6 Å². The van der Waals surface area contributed by atoms with E-state index in [0.29, 0.717) is 13.0 Å². The molecular weight excluding hydrogens is 246 g/mol. The standard InChI is InChI=1S/C13H23N3OS/c1-8(2)15-12(17)6-7-14-9(3)13-10(4)18-11(5)16-13/h8-9,14H,6-7H2,1-5H3,(H,15,17). The minimum Gasteiger partial charge on any atom is -0.354 e. The van der Waals surface area contributed by atoms with Crippen molar-refractivity contribution in [3.05, 3.63) is 15.6 Å². The maximum atomic E-state index is 11.5. The number of hydrogen-bond donors (Lipinski definition) is 2. The van der Waals surface area contributed by atoms with Gasteiger partial charge in [0, 0.05) is 29.9 Å². The van der Waals surface area contributed by atoms with E-state index < -0.39 is 0 Å². The zero-order valence-electron chi connectivity index (χ0n) is 11.8. The van der Waals surface area contributed by atoms with Crippen LogP contribution in [0.5, 0.6) is 0 Å². The van der Waals surface area contributed by atoms with Gasteiger partial charge in [-0.15, -0.1) is 11.3 Å². The molecule has 0 aliphatic carbocycles. The first kappa shape index (κ1) is 15.1. The highest BCUT2D eigenvalue weighted by Gasteiger charge is 2.13. The molecule has 5 heteroatoms. The van der Waals surface area contributed by atoms with Gasteiger partial charge in [-0.2, -0.15) is 0 Å². The summed E-state index contributed by atoms with van der Waals surface area (Å²) >= 11 is 1.72. The first-order chi connectivity index (χ1) is 8.40. The van der Waals surface area contributed by atoms with E-state index in [1.165, 1.54) is 4.88 Å². The molecule has 1 aromatic heterocycles. The molecule has 0 saturated carbocycles. The average Bonchev–Trinajstić information content (AvgIpc) is 2.56. The first-order valence-corrected chi connectivity index (χ1v) is 7.18. The second kappa shape index (κ2) is 6.85. The number of nitrogens with one attached hydrogen (secondary N) is 2. The van der Waals surface area contributed by atoms with Gasteiger partial charge < -0.3 is 10.6 Å². The Labute approximate surface area is 113 Å². The van der Waals surface area contributed by atoms with Gasteiger partial charge in [-0.3, -0.25) is 4.79 Å². The number of carbonyl (C=O) groups excluding carboxylic acids is 1. The van der Waals surface area contributed by atoms with Crippen molar-refractivity contribution in [2.24, 2.45) is 0 Å². The molecule has 1 aromatic rings. The summed E-state index contributed by atoms with van der Waals surface area (Å²) < 4.78 is 0. The highest BCUT2D eigenvalue weighted by atomic mass is 32.1. The predicted octanol–water partition coefficient (Wildman–Crippen LogP) is 2.33. The van der Waals surface area contributed by atoms with Gasteiger partial charge >= 0.3 is 0 Å². The monoisotopic (exact) mass is 269 g/mol. The van der Waals surface area contributed by atoms with Crippen LogP contribution in [0.15, 0.2) is 0 Å². The summed E-state index contributed by atoms with van der Waals surface area (Å²) in [5.74, 6) is 0.0934. The Morgan fingerprint density at radius 2 is 2.00 bits per heavy atom. The lowest BCUT2D eigenvalue weighted by Crippen LogP contribution is -2.33. The number of aryl methyl sites for hydroxylation is 2. The SMILES string of the molecule is Cc1nc(C(C)NCCC(=O)NC(C)C)c(C)s1. The van der Waals surface area contributed by atoms with Crippen molar-refractivity contribution >= 4 is 17.2 Å². The molecular formula is C13H23N3OS. The Kier molecular flexibility index (Phi) is 5.75. The van der Waals surface area contributed by atoms with E-state index in [0.717, 1.165) is 10.7 Å². The van der Waals surface area contributed by atoms with Crippen molar-refractivity contribution in [1.82, 2.24) is 15.6 Å². The minimum atomic E-state index is 0.0934. The van der Waals surface area contributed by atoms with Gasteiger partial charge in [-0.25, -0.2) is 4.98 Å². The van der Waals surface area contributed by atoms with Crippen LogP contribution in [0, 0.1) is 13.8 Å². The van der Waals surface area contributed by atoms with Gasteiger partial charge in [0.15, 0.2) is 0 Å². The maximum absolute atomic E-state index is 11.5. The van der Waals surface area contributed by atoms with Crippen LogP contribution in [-0.2, 0) is 4.79 Å². The average molecular weight is 269 g/mol. The smallest absolute Gasteiger partial charge is 0.221 e. The van der Waals surface area contributed by atoms with Crippen molar-refractivity contribution in [3.8, 4) is 0 Å². The summed E-state index contributed by atoms with van der Waals surface area (Å²) in [7, 11) is 0. The van der Waals surface area contributed by atoms with Gasteiger partial charge in [0.25, 0.3) is 0 Å². The second-order valence-electron chi connectivity index (χ2n) is 4.82. The first-order valence-electron chi connectivity index (χ1n) is 6.36. The zero-order chi connectivity index (χ0) is 13.7. The number of hydrogen-bond acceptors (Lipinski definition) is 4. The van der Waals surface area contributed by atoms with Crippen LogP contribution in [0.1, 0.15) is 48.8 Å². The zero-order valence-corrected chi connectivity index (χ0v) is 12.6. The van der Waals surface area contributed by atoms with Crippen LogP contribution < -0.4 is 10.6 Å².